The molecular weight excluding hydrogens is 390 g/mol. The molecule has 0 radical (unpaired) electrons. The van der Waals surface area contributed by atoms with Gasteiger partial charge in [0.2, 0.25) is 0 Å². The van der Waals surface area contributed by atoms with E-state index in [1.54, 1.807) is 30.6 Å². The quantitative estimate of drug-likeness (QED) is 0.637. The second-order valence-electron chi connectivity index (χ2n) is 7.64. The van der Waals surface area contributed by atoms with Gasteiger partial charge in [-0.15, -0.1) is 0 Å². The van der Waals surface area contributed by atoms with Gasteiger partial charge in [0, 0.05) is 51.2 Å². The number of hydrogen-bond acceptors (Lipinski definition) is 6. The van der Waals surface area contributed by atoms with Crippen molar-refractivity contribution in [2.45, 2.75) is 13.0 Å². The predicted molar refractivity (Wildman–Crippen MR) is 121 cm³/mol. The first-order valence-electron chi connectivity index (χ1n) is 10.5. The number of aromatic nitrogens is 2. The van der Waals surface area contributed by atoms with Crippen LogP contribution in [0.15, 0.2) is 73.2 Å². The molecular formula is C24H27N5O2. The van der Waals surface area contributed by atoms with Gasteiger partial charge in [0.1, 0.15) is 17.3 Å². The molecule has 7 heteroatoms. The van der Waals surface area contributed by atoms with E-state index in [4.69, 9.17) is 4.74 Å². The molecule has 4 rings (SSSR count). The summed E-state index contributed by atoms with van der Waals surface area (Å²) in [5.41, 5.74) is 0.512. The Morgan fingerprint density at radius 1 is 1.03 bits per heavy atom. The van der Waals surface area contributed by atoms with Gasteiger partial charge in [0.15, 0.2) is 0 Å². The molecule has 1 atom stereocenters. The van der Waals surface area contributed by atoms with Crippen LogP contribution in [0.4, 0.5) is 5.82 Å². The summed E-state index contributed by atoms with van der Waals surface area (Å²) in [6.07, 6.45) is 5.14. The molecule has 1 aliphatic rings. The van der Waals surface area contributed by atoms with Crippen molar-refractivity contribution >= 4 is 11.7 Å². The summed E-state index contributed by atoms with van der Waals surface area (Å²) in [6, 6.07) is 16.9. The van der Waals surface area contributed by atoms with Gasteiger partial charge in [-0.1, -0.05) is 18.2 Å². The Balaban J connectivity index is 1.30. The molecule has 2 aromatic heterocycles. The minimum atomic E-state index is -0.140. The molecule has 3 heterocycles. The van der Waals surface area contributed by atoms with Crippen molar-refractivity contribution < 1.29 is 9.53 Å². The maximum atomic E-state index is 12.9. The number of nitrogens with zero attached hydrogens (tertiary/aromatic N) is 4. The van der Waals surface area contributed by atoms with Crippen molar-refractivity contribution in [3.63, 3.8) is 0 Å². The van der Waals surface area contributed by atoms with Crippen LogP contribution in [0.3, 0.4) is 0 Å². The highest BCUT2D eigenvalue weighted by Gasteiger charge is 2.21. The van der Waals surface area contributed by atoms with E-state index in [1.807, 2.05) is 49.5 Å². The summed E-state index contributed by atoms with van der Waals surface area (Å²) in [5, 5.41) is 3.11. The van der Waals surface area contributed by atoms with Gasteiger partial charge in [-0.3, -0.25) is 14.7 Å². The molecule has 0 bridgehead atoms. The predicted octanol–water partition coefficient (Wildman–Crippen LogP) is 3.21. The van der Waals surface area contributed by atoms with E-state index < -0.39 is 0 Å². The van der Waals surface area contributed by atoms with E-state index in [1.165, 1.54) is 0 Å². The Morgan fingerprint density at radius 2 is 1.84 bits per heavy atom. The Labute approximate surface area is 182 Å². The van der Waals surface area contributed by atoms with Crippen LogP contribution < -0.4 is 15.0 Å². The van der Waals surface area contributed by atoms with Crippen molar-refractivity contribution in [3.05, 3.63) is 78.8 Å². The maximum absolute atomic E-state index is 12.9. The molecule has 0 aliphatic carbocycles. The van der Waals surface area contributed by atoms with E-state index in [0.717, 1.165) is 38.5 Å². The fraction of sp³-hybridized carbons (Fsp3) is 0.292. The molecule has 3 aromatic rings. The third-order valence-corrected chi connectivity index (χ3v) is 5.25. The zero-order chi connectivity index (χ0) is 21.5. The lowest BCUT2D eigenvalue weighted by Crippen LogP contribution is -2.51. The fourth-order valence-corrected chi connectivity index (χ4v) is 3.71. The normalized spacial score (nSPS) is 15.3. The molecule has 0 spiro atoms. The smallest absolute Gasteiger partial charge is 0.255 e. The van der Waals surface area contributed by atoms with Gasteiger partial charge >= 0.3 is 0 Å². The molecule has 1 fully saturated rings. The molecule has 1 N–H and O–H groups in total. The molecule has 1 aliphatic heterocycles. The number of nitrogens with one attached hydrogen (secondary N) is 1. The fourth-order valence-electron chi connectivity index (χ4n) is 3.71. The van der Waals surface area contributed by atoms with Crippen LogP contribution in [-0.2, 0) is 0 Å². The van der Waals surface area contributed by atoms with Gasteiger partial charge < -0.3 is 15.0 Å². The third-order valence-electron chi connectivity index (χ3n) is 5.25. The van der Waals surface area contributed by atoms with Gasteiger partial charge in [-0.25, -0.2) is 4.98 Å². The van der Waals surface area contributed by atoms with E-state index in [0.29, 0.717) is 17.1 Å². The number of benzene rings is 1. The standard InChI is InChI=1S/C24H27N5O2/c1-19(18-28-13-15-29(16-14-28)23-10-4-5-12-26-23)27-24(30)21-8-2-3-9-22(21)31-20-7-6-11-25-17-20/h2-12,17,19H,13-16,18H2,1H3,(H,27,30). The number of anilines is 1. The molecule has 31 heavy (non-hydrogen) atoms. The molecule has 1 amide bonds. The number of piperazine rings is 1. The lowest BCUT2D eigenvalue weighted by Gasteiger charge is -2.36. The molecule has 1 aromatic carbocycles. The van der Waals surface area contributed by atoms with Crippen molar-refractivity contribution in [3.8, 4) is 11.5 Å². The highest BCUT2D eigenvalue weighted by Crippen LogP contribution is 2.24. The van der Waals surface area contributed by atoms with Crippen LogP contribution in [0.5, 0.6) is 11.5 Å². The van der Waals surface area contributed by atoms with Crippen molar-refractivity contribution in [2.24, 2.45) is 0 Å². The first-order valence-corrected chi connectivity index (χ1v) is 10.5. The summed E-state index contributed by atoms with van der Waals surface area (Å²) in [5.74, 6) is 2.00. The maximum Gasteiger partial charge on any atom is 0.255 e. The summed E-state index contributed by atoms with van der Waals surface area (Å²) >= 11 is 0. The average molecular weight is 418 g/mol. The summed E-state index contributed by atoms with van der Waals surface area (Å²) in [4.78, 5) is 26.1. The Bertz CT molecular complexity index is 976. The molecule has 7 nitrogen and oxygen atoms in total. The van der Waals surface area contributed by atoms with Crippen LogP contribution >= 0.6 is 0 Å². The summed E-state index contributed by atoms with van der Waals surface area (Å²) in [6.45, 7) is 6.58. The Morgan fingerprint density at radius 3 is 2.58 bits per heavy atom. The average Bonchev–Trinajstić information content (AvgIpc) is 2.81. The number of pyridine rings is 2. The molecule has 1 saturated heterocycles. The second kappa shape index (κ2) is 10.0. The van der Waals surface area contributed by atoms with Crippen LogP contribution in [0.25, 0.3) is 0 Å². The number of amides is 1. The van der Waals surface area contributed by atoms with Gasteiger partial charge in [-0.2, -0.15) is 0 Å². The van der Waals surface area contributed by atoms with Crippen LogP contribution in [-0.4, -0.2) is 59.5 Å². The number of rotatable bonds is 7. The van der Waals surface area contributed by atoms with Gasteiger partial charge in [-0.05, 0) is 43.3 Å². The van der Waals surface area contributed by atoms with Gasteiger partial charge in [0.05, 0.1) is 11.8 Å². The summed E-state index contributed by atoms with van der Waals surface area (Å²) in [7, 11) is 0. The SMILES string of the molecule is CC(CN1CCN(c2ccccn2)CC1)NC(=O)c1ccccc1Oc1cccnc1. The van der Waals surface area contributed by atoms with Crippen LogP contribution in [0.1, 0.15) is 17.3 Å². The molecule has 160 valence electrons. The lowest BCUT2D eigenvalue weighted by atomic mass is 10.1. The number of carbonyl (C=O) groups excluding carboxylic acids is 1. The van der Waals surface area contributed by atoms with Crippen molar-refractivity contribution in [1.82, 2.24) is 20.2 Å². The first kappa shape index (κ1) is 20.8. The first-order chi connectivity index (χ1) is 15.2. The number of para-hydroxylation sites is 1. The van der Waals surface area contributed by atoms with Crippen molar-refractivity contribution in [1.29, 1.82) is 0 Å². The largest absolute Gasteiger partial charge is 0.455 e. The van der Waals surface area contributed by atoms with Crippen LogP contribution in [0.2, 0.25) is 0 Å². The zero-order valence-electron chi connectivity index (χ0n) is 17.6. The number of ether oxygens (including phenoxy) is 1. The second-order valence-corrected chi connectivity index (χ2v) is 7.64. The van der Waals surface area contributed by atoms with E-state index in [-0.39, 0.29) is 11.9 Å². The Hall–Kier alpha value is -3.45. The highest BCUT2D eigenvalue weighted by molar-refractivity contribution is 5.97. The monoisotopic (exact) mass is 417 g/mol. The minimum absolute atomic E-state index is 0.0142. The summed E-state index contributed by atoms with van der Waals surface area (Å²) < 4.78 is 5.87. The minimum Gasteiger partial charge on any atom is -0.455 e. The number of hydrogen-bond donors (Lipinski definition) is 1. The van der Waals surface area contributed by atoms with E-state index in [9.17, 15) is 4.79 Å². The van der Waals surface area contributed by atoms with Crippen LogP contribution in [0, 0.1) is 0 Å². The third kappa shape index (κ3) is 5.58. The van der Waals surface area contributed by atoms with E-state index >= 15 is 0 Å². The molecule has 0 saturated carbocycles. The number of carbonyl (C=O) groups is 1. The molecule has 1 unspecified atom stereocenters. The van der Waals surface area contributed by atoms with Crippen molar-refractivity contribution in [2.75, 3.05) is 37.6 Å². The van der Waals surface area contributed by atoms with Gasteiger partial charge in [0.25, 0.3) is 5.91 Å². The topological polar surface area (TPSA) is 70.6 Å². The highest BCUT2D eigenvalue weighted by atomic mass is 16.5. The Kier molecular flexibility index (Phi) is 6.74. The van der Waals surface area contributed by atoms with E-state index in [2.05, 4.69) is 25.1 Å². The lowest BCUT2D eigenvalue weighted by molar-refractivity contribution is 0.0925. The zero-order valence-corrected chi connectivity index (χ0v) is 17.6.